The lowest BCUT2D eigenvalue weighted by molar-refractivity contribution is -0.130. The molecule has 1 amide bonds. The van der Waals surface area contributed by atoms with Crippen LogP contribution in [-0.2, 0) is 24.3 Å². The van der Waals surface area contributed by atoms with Crippen LogP contribution in [0.25, 0.3) is 0 Å². The van der Waals surface area contributed by atoms with Crippen molar-refractivity contribution >= 4 is 23.5 Å². The second-order valence-electron chi connectivity index (χ2n) is 6.47. The molecule has 0 spiro atoms. The van der Waals surface area contributed by atoms with Crippen LogP contribution in [0.1, 0.15) is 23.6 Å². The molecule has 0 radical (unpaired) electrons. The molecule has 0 aromatic heterocycles. The summed E-state index contributed by atoms with van der Waals surface area (Å²) in [6.07, 6.45) is 0.905. The summed E-state index contributed by atoms with van der Waals surface area (Å²) in [5, 5.41) is 7.00. The minimum Gasteiger partial charge on any atom is -0.357 e. The number of hydrogen-bond acceptors (Lipinski definition) is 2. The molecule has 142 valence electrons. The Kier molecular flexibility index (Phi) is 6.71. The number of halogens is 1. The summed E-state index contributed by atoms with van der Waals surface area (Å²) in [5.74, 6) is 0.691. The summed E-state index contributed by atoms with van der Waals surface area (Å²) in [6.45, 7) is 4.82. The largest absolute Gasteiger partial charge is 0.357 e. The molecule has 2 aromatic carbocycles. The van der Waals surface area contributed by atoms with Crippen LogP contribution >= 0.6 is 11.6 Å². The highest BCUT2D eigenvalue weighted by Gasteiger charge is 2.20. The van der Waals surface area contributed by atoms with Crippen molar-refractivity contribution in [3.8, 4) is 0 Å². The Bertz CT molecular complexity index is 821. The van der Waals surface area contributed by atoms with Crippen molar-refractivity contribution < 1.29 is 4.79 Å². The number of fused-ring (bicyclic) bond motifs is 1. The van der Waals surface area contributed by atoms with E-state index in [1.165, 1.54) is 11.1 Å². The molecule has 0 aliphatic carbocycles. The van der Waals surface area contributed by atoms with Crippen molar-refractivity contribution in [3.05, 3.63) is 70.2 Å². The van der Waals surface area contributed by atoms with Crippen molar-refractivity contribution in [1.82, 2.24) is 15.5 Å². The highest BCUT2D eigenvalue weighted by molar-refractivity contribution is 6.31. The van der Waals surface area contributed by atoms with Crippen LogP contribution in [0.4, 0.5) is 0 Å². The summed E-state index contributed by atoms with van der Waals surface area (Å²) < 4.78 is 0. The maximum Gasteiger partial charge on any atom is 0.242 e. The zero-order chi connectivity index (χ0) is 19.1. The van der Waals surface area contributed by atoms with E-state index in [9.17, 15) is 4.79 Å². The second-order valence-corrected chi connectivity index (χ2v) is 6.88. The monoisotopic (exact) mass is 384 g/mol. The smallest absolute Gasteiger partial charge is 0.242 e. The first-order valence-electron chi connectivity index (χ1n) is 9.27. The number of aliphatic imine (C=N–C) groups is 1. The predicted molar refractivity (Wildman–Crippen MR) is 110 cm³/mol. The van der Waals surface area contributed by atoms with Gasteiger partial charge in [-0.15, -0.1) is 0 Å². The molecule has 6 heteroatoms. The number of nitrogens with zero attached hydrogens (tertiary/aromatic N) is 2. The average Bonchev–Trinajstić information content (AvgIpc) is 2.70. The van der Waals surface area contributed by atoms with Crippen LogP contribution in [0, 0.1) is 0 Å². The van der Waals surface area contributed by atoms with E-state index in [1.807, 2.05) is 42.2 Å². The van der Waals surface area contributed by atoms with Crippen molar-refractivity contribution in [2.24, 2.45) is 4.99 Å². The summed E-state index contributed by atoms with van der Waals surface area (Å²) >= 11 is 6.18. The Morgan fingerprint density at radius 3 is 2.63 bits per heavy atom. The quantitative estimate of drug-likeness (QED) is 0.615. The predicted octanol–water partition coefficient (Wildman–Crippen LogP) is 2.98. The third-order valence-electron chi connectivity index (χ3n) is 4.60. The number of carbonyl (C=O) groups excluding carboxylic acids is 1. The second kappa shape index (κ2) is 9.42. The van der Waals surface area contributed by atoms with E-state index in [0.29, 0.717) is 24.1 Å². The Balaban J connectivity index is 1.57. The topological polar surface area (TPSA) is 56.7 Å². The molecule has 1 aliphatic rings. The van der Waals surface area contributed by atoms with Gasteiger partial charge in [0.05, 0.1) is 13.1 Å². The van der Waals surface area contributed by atoms with Gasteiger partial charge in [-0.2, -0.15) is 0 Å². The summed E-state index contributed by atoms with van der Waals surface area (Å²) in [7, 11) is 0. The fourth-order valence-electron chi connectivity index (χ4n) is 3.11. The Hall–Kier alpha value is -2.53. The molecular formula is C21H25ClN4O. The van der Waals surface area contributed by atoms with Gasteiger partial charge in [0.1, 0.15) is 0 Å². The van der Waals surface area contributed by atoms with E-state index in [2.05, 4.69) is 33.8 Å². The average molecular weight is 385 g/mol. The van der Waals surface area contributed by atoms with Crippen molar-refractivity contribution in [2.45, 2.75) is 26.4 Å². The third kappa shape index (κ3) is 5.23. The number of amides is 1. The molecule has 27 heavy (non-hydrogen) atoms. The molecule has 0 fully saturated rings. The lowest BCUT2D eigenvalue weighted by Crippen LogP contribution is -2.45. The lowest BCUT2D eigenvalue weighted by Gasteiger charge is -2.29. The van der Waals surface area contributed by atoms with Gasteiger partial charge in [-0.25, -0.2) is 4.99 Å². The summed E-state index contributed by atoms with van der Waals surface area (Å²) in [4.78, 5) is 19.0. The molecule has 0 atom stereocenters. The molecule has 2 aromatic rings. The number of rotatable bonds is 5. The van der Waals surface area contributed by atoms with Crippen molar-refractivity contribution in [1.29, 1.82) is 0 Å². The normalized spacial score (nSPS) is 13.9. The van der Waals surface area contributed by atoms with Gasteiger partial charge in [0.2, 0.25) is 5.91 Å². The van der Waals surface area contributed by atoms with E-state index >= 15 is 0 Å². The summed E-state index contributed by atoms with van der Waals surface area (Å²) in [5.41, 5.74) is 3.52. The zero-order valence-electron chi connectivity index (χ0n) is 15.5. The molecule has 0 bridgehead atoms. The van der Waals surface area contributed by atoms with Crippen LogP contribution in [0.5, 0.6) is 0 Å². The van der Waals surface area contributed by atoms with Crippen LogP contribution in [0.2, 0.25) is 5.02 Å². The van der Waals surface area contributed by atoms with E-state index < -0.39 is 0 Å². The van der Waals surface area contributed by atoms with Gasteiger partial charge in [0.15, 0.2) is 5.96 Å². The molecule has 0 unspecified atom stereocenters. The molecule has 3 rings (SSSR count). The number of carbonyl (C=O) groups is 1. The van der Waals surface area contributed by atoms with Gasteiger partial charge < -0.3 is 15.5 Å². The van der Waals surface area contributed by atoms with Gasteiger partial charge in [-0.1, -0.05) is 54.1 Å². The van der Waals surface area contributed by atoms with Crippen molar-refractivity contribution in [2.75, 3.05) is 19.6 Å². The molecule has 0 saturated carbocycles. The first-order valence-corrected chi connectivity index (χ1v) is 9.65. The van der Waals surface area contributed by atoms with E-state index in [-0.39, 0.29) is 12.5 Å². The highest BCUT2D eigenvalue weighted by atomic mass is 35.5. The first kappa shape index (κ1) is 19.2. The van der Waals surface area contributed by atoms with Crippen LogP contribution in [0.3, 0.4) is 0 Å². The number of guanidine groups is 1. The van der Waals surface area contributed by atoms with E-state index in [4.69, 9.17) is 11.6 Å². The molecule has 1 heterocycles. The highest BCUT2D eigenvalue weighted by Crippen LogP contribution is 2.18. The molecule has 5 nitrogen and oxygen atoms in total. The maximum atomic E-state index is 12.6. The van der Waals surface area contributed by atoms with E-state index in [1.54, 1.807) is 0 Å². The number of benzene rings is 2. The molecular weight excluding hydrogens is 360 g/mol. The number of hydrogen-bond donors (Lipinski definition) is 2. The minimum absolute atomic E-state index is 0.0767. The molecule has 1 aliphatic heterocycles. The first-order chi connectivity index (χ1) is 13.2. The van der Waals surface area contributed by atoms with Gasteiger partial charge >= 0.3 is 0 Å². The van der Waals surface area contributed by atoms with Gasteiger partial charge in [0.25, 0.3) is 0 Å². The third-order valence-corrected chi connectivity index (χ3v) is 4.97. The lowest BCUT2D eigenvalue weighted by atomic mass is 10.00. The van der Waals surface area contributed by atoms with Crippen LogP contribution < -0.4 is 10.6 Å². The van der Waals surface area contributed by atoms with Gasteiger partial charge in [-0.3, -0.25) is 4.79 Å². The number of nitrogens with one attached hydrogen (secondary N) is 2. The Morgan fingerprint density at radius 2 is 1.85 bits per heavy atom. The molecule has 2 N–H and O–H groups in total. The van der Waals surface area contributed by atoms with Crippen LogP contribution in [0.15, 0.2) is 53.5 Å². The van der Waals surface area contributed by atoms with Crippen molar-refractivity contribution in [3.63, 3.8) is 0 Å². The minimum atomic E-state index is 0.0767. The van der Waals surface area contributed by atoms with Crippen LogP contribution in [-0.4, -0.2) is 36.4 Å². The zero-order valence-corrected chi connectivity index (χ0v) is 16.3. The standard InChI is InChI=1S/C21H25ClN4O/c1-2-23-21(24-13-17-8-5-6-10-19(17)22)25-14-20(27)26-12-11-16-7-3-4-9-18(16)15-26/h3-10H,2,11-15H2,1H3,(H2,23,24,25). The summed E-state index contributed by atoms with van der Waals surface area (Å²) in [6, 6.07) is 15.9. The Labute approximate surface area is 165 Å². The van der Waals surface area contributed by atoms with Gasteiger partial charge in [-0.05, 0) is 36.1 Å². The fraction of sp³-hybridized carbons (Fsp3) is 0.333. The maximum absolute atomic E-state index is 12.6. The SMILES string of the molecule is CCNC(=NCc1ccccc1Cl)NCC(=O)N1CCc2ccccc2C1. The van der Waals surface area contributed by atoms with Gasteiger partial charge in [0, 0.05) is 24.7 Å². The fourth-order valence-corrected chi connectivity index (χ4v) is 3.31. The Morgan fingerprint density at radius 1 is 1.11 bits per heavy atom. The molecule has 0 saturated heterocycles. The van der Waals surface area contributed by atoms with E-state index in [0.717, 1.165) is 25.1 Å².